The van der Waals surface area contributed by atoms with Gasteiger partial charge in [-0.3, -0.25) is 9.69 Å². The molecule has 3 heterocycles. The number of furan rings is 1. The first kappa shape index (κ1) is 22.2. The van der Waals surface area contributed by atoms with Crippen molar-refractivity contribution in [3.8, 4) is 11.1 Å². The highest BCUT2D eigenvalue weighted by Crippen LogP contribution is 2.28. The maximum atomic E-state index is 12.7. The Kier molecular flexibility index (Phi) is 6.52. The lowest BCUT2D eigenvalue weighted by Crippen LogP contribution is -2.44. The number of carbonyl (C=O) groups is 1. The van der Waals surface area contributed by atoms with Crippen LogP contribution in [-0.4, -0.2) is 60.6 Å². The summed E-state index contributed by atoms with van der Waals surface area (Å²) in [6, 6.07) is 17.8. The van der Waals surface area contributed by atoms with Crippen molar-refractivity contribution in [3.05, 3.63) is 59.9 Å². The zero-order valence-corrected chi connectivity index (χ0v) is 19.8. The molecule has 0 radical (unpaired) electrons. The monoisotopic (exact) mass is 446 g/mol. The molecule has 0 unspecified atom stereocenters. The second-order valence-corrected chi connectivity index (χ2v) is 9.56. The Balaban J connectivity index is 1.28. The van der Waals surface area contributed by atoms with E-state index in [4.69, 9.17) is 9.15 Å². The fraction of sp³-hybridized carbons (Fsp3) is 0.464. The van der Waals surface area contributed by atoms with E-state index >= 15 is 0 Å². The molecule has 2 aliphatic rings. The molecule has 1 aromatic heterocycles. The van der Waals surface area contributed by atoms with E-state index in [0.717, 1.165) is 46.4 Å². The number of amides is 1. The van der Waals surface area contributed by atoms with Gasteiger partial charge in [0.1, 0.15) is 11.3 Å². The predicted octanol–water partition coefficient (Wildman–Crippen LogP) is 5.38. The Morgan fingerprint density at radius 2 is 1.64 bits per heavy atom. The van der Waals surface area contributed by atoms with Crippen molar-refractivity contribution < 1.29 is 13.9 Å². The summed E-state index contributed by atoms with van der Waals surface area (Å²) < 4.78 is 11.5. The van der Waals surface area contributed by atoms with Crippen LogP contribution in [0.4, 0.5) is 0 Å². The van der Waals surface area contributed by atoms with Gasteiger partial charge < -0.3 is 14.1 Å². The average Bonchev–Trinajstić information content (AvgIpc) is 3.26. The highest BCUT2D eigenvalue weighted by Gasteiger charge is 2.24. The number of rotatable bonds is 5. The van der Waals surface area contributed by atoms with Crippen LogP contribution < -0.4 is 0 Å². The van der Waals surface area contributed by atoms with Crippen molar-refractivity contribution in [1.82, 2.24) is 9.80 Å². The lowest BCUT2D eigenvalue weighted by Gasteiger charge is -2.38. The summed E-state index contributed by atoms with van der Waals surface area (Å²) in [5.41, 5.74) is 3.91. The zero-order valence-electron chi connectivity index (χ0n) is 19.8. The van der Waals surface area contributed by atoms with Crippen LogP contribution in [0.15, 0.2) is 52.9 Å². The van der Waals surface area contributed by atoms with Crippen molar-refractivity contribution in [2.45, 2.75) is 51.6 Å². The zero-order chi connectivity index (χ0) is 22.8. The molecule has 0 aliphatic carbocycles. The van der Waals surface area contributed by atoms with Gasteiger partial charge in [0.2, 0.25) is 0 Å². The smallest absolute Gasteiger partial charge is 0.254 e. The molecule has 2 aromatic carbocycles. The minimum atomic E-state index is 0.0807. The number of fused-ring (bicyclic) bond motifs is 1. The minimum absolute atomic E-state index is 0.0807. The molecule has 2 saturated heterocycles. The quantitative estimate of drug-likeness (QED) is 0.528. The molecule has 0 saturated carbocycles. The van der Waals surface area contributed by atoms with Gasteiger partial charge >= 0.3 is 0 Å². The molecule has 1 amide bonds. The number of likely N-dealkylation sites (tertiary alicyclic amines) is 1. The van der Waals surface area contributed by atoms with Crippen LogP contribution in [0.1, 0.15) is 49.2 Å². The van der Waals surface area contributed by atoms with Gasteiger partial charge in [-0.2, -0.15) is 0 Å². The molecule has 2 aliphatic heterocycles. The molecule has 5 nitrogen and oxygen atoms in total. The maximum absolute atomic E-state index is 12.7. The summed E-state index contributed by atoms with van der Waals surface area (Å²) in [6.45, 7) is 8.30. The van der Waals surface area contributed by atoms with Crippen molar-refractivity contribution in [2.75, 3.05) is 32.8 Å². The van der Waals surface area contributed by atoms with E-state index in [1.54, 1.807) is 0 Å². The topological polar surface area (TPSA) is 45.9 Å². The normalized spacial score (nSPS) is 22.1. The average molecular weight is 447 g/mol. The Hall–Kier alpha value is -2.63. The molecular formula is C28H34N2O3. The number of hydrogen-bond donors (Lipinski definition) is 0. The molecule has 3 aromatic rings. The minimum Gasteiger partial charge on any atom is -0.461 e. The lowest BCUT2D eigenvalue weighted by atomic mass is 9.97. The Bertz CT molecular complexity index is 1090. The summed E-state index contributed by atoms with van der Waals surface area (Å²) in [4.78, 5) is 17.2. The van der Waals surface area contributed by atoms with Crippen LogP contribution in [0.25, 0.3) is 22.1 Å². The maximum Gasteiger partial charge on any atom is 0.254 e. The first-order valence-electron chi connectivity index (χ1n) is 12.3. The van der Waals surface area contributed by atoms with Gasteiger partial charge in [-0.05, 0) is 68.1 Å². The first-order chi connectivity index (χ1) is 16.1. The SMILES string of the molecule is C[C@@H]1CCC[C@H](C)N1CCc1cc2cc(-c3ccc(C(=O)N4CCOCC4)cc3)ccc2o1. The summed E-state index contributed by atoms with van der Waals surface area (Å²) in [7, 11) is 0. The number of carbonyl (C=O) groups excluding carboxylic acids is 1. The van der Waals surface area contributed by atoms with Crippen LogP contribution in [0.5, 0.6) is 0 Å². The number of morpholine rings is 1. The first-order valence-corrected chi connectivity index (χ1v) is 12.3. The summed E-state index contributed by atoms with van der Waals surface area (Å²) >= 11 is 0. The van der Waals surface area contributed by atoms with Gasteiger partial charge in [0.25, 0.3) is 5.91 Å². The third-order valence-corrected chi connectivity index (χ3v) is 7.32. The summed E-state index contributed by atoms with van der Waals surface area (Å²) in [5.74, 6) is 1.13. The van der Waals surface area contributed by atoms with Crippen molar-refractivity contribution in [2.24, 2.45) is 0 Å². The molecule has 2 atom stereocenters. The van der Waals surface area contributed by atoms with Crippen molar-refractivity contribution in [3.63, 3.8) is 0 Å². The Morgan fingerprint density at radius 1 is 0.939 bits per heavy atom. The Morgan fingerprint density at radius 3 is 2.36 bits per heavy atom. The molecule has 174 valence electrons. The van der Waals surface area contributed by atoms with Crippen LogP contribution in [0.2, 0.25) is 0 Å². The molecule has 0 spiro atoms. The van der Waals surface area contributed by atoms with Gasteiger partial charge in [-0.25, -0.2) is 0 Å². The van der Waals surface area contributed by atoms with Gasteiger partial charge in [0.15, 0.2) is 0 Å². The number of ether oxygens (including phenoxy) is 1. The molecule has 0 bridgehead atoms. The van der Waals surface area contributed by atoms with Crippen LogP contribution >= 0.6 is 0 Å². The van der Waals surface area contributed by atoms with E-state index in [1.807, 2.05) is 29.2 Å². The fourth-order valence-corrected chi connectivity index (χ4v) is 5.31. The van der Waals surface area contributed by atoms with Crippen LogP contribution in [0.3, 0.4) is 0 Å². The van der Waals surface area contributed by atoms with Gasteiger partial charge in [0.05, 0.1) is 13.2 Å². The summed E-state index contributed by atoms with van der Waals surface area (Å²) in [6.07, 6.45) is 4.88. The largest absolute Gasteiger partial charge is 0.461 e. The van der Waals surface area contributed by atoms with E-state index in [-0.39, 0.29) is 5.91 Å². The molecular weight excluding hydrogens is 412 g/mol. The second-order valence-electron chi connectivity index (χ2n) is 9.56. The van der Waals surface area contributed by atoms with E-state index in [2.05, 4.69) is 43.0 Å². The van der Waals surface area contributed by atoms with Crippen LogP contribution in [0, 0.1) is 0 Å². The standard InChI is InChI=1S/C28H34N2O3/c1-20-4-3-5-21(2)30(20)13-12-26-19-25-18-24(10-11-27(25)33-26)22-6-8-23(9-7-22)28(31)29-14-16-32-17-15-29/h6-11,18-21H,3-5,12-17H2,1-2H3/t20-,21+. The number of hydrogen-bond acceptors (Lipinski definition) is 4. The molecule has 0 N–H and O–H groups in total. The molecule has 2 fully saturated rings. The predicted molar refractivity (Wildman–Crippen MR) is 132 cm³/mol. The highest BCUT2D eigenvalue weighted by atomic mass is 16.5. The highest BCUT2D eigenvalue weighted by molar-refractivity contribution is 5.95. The van der Waals surface area contributed by atoms with E-state index < -0.39 is 0 Å². The second kappa shape index (κ2) is 9.70. The summed E-state index contributed by atoms with van der Waals surface area (Å²) in [5, 5.41) is 1.13. The lowest BCUT2D eigenvalue weighted by molar-refractivity contribution is 0.0303. The van der Waals surface area contributed by atoms with Gasteiger partial charge in [0, 0.05) is 49.1 Å². The van der Waals surface area contributed by atoms with Crippen molar-refractivity contribution >= 4 is 16.9 Å². The molecule has 5 heteroatoms. The van der Waals surface area contributed by atoms with E-state index in [1.165, 1.54) is 19.3 Å². The van der Waals surface area contributed by atoms with Gasteiger partial charge in [-0.15, -0.1) is 0 Å². The third kappa shape index (κ3) is 4.85. The van der Waals surface area contributed by atoms with Crippen LogP contribution in [-0.2, 0) is 11.2 Å². The molecule has 5 rings (SSSR count). The number of piperidine rings is 1. The number of nitrogens with zero attached hydrogens (tertiary/aromatic N) is 2. The Labute approximate surface area is 196 Å². The van der Waals surface area contributed by atoms with Gasteiger partial charge in [-0.1, -0.05) is 24.6 Å². The molecule has 33 heavy (non-hydrogen) atoms. The number of benzene rings is 2. The van der Waals surface area contributed by atoms with E-state index in [9.17, 15) is 4.79 Å². The van der Waals surface area contributed by atoms with E-state index in [0.29, 0.717) is 38.4 Å². The fourth-order valence-electron chi connectivity index (χ4n) is 5.31. The van der Waals surface area contributed by atoms with Crippen molar-refractivity contribution in [1.29, 1.82) is 0 Å². The third-order valence-electron chi connectivity index (χ3n) is 7.32.